The van der Waals surface area contributed by atoms with Crippen LogP contribution in [0.2, 0.25) is 0 Å². The Morgan fingerprint density at radius 1 is 1.29 bits per heavy atom. The Morgan fingerprint density at radius 2 is 1.95 bits per heavy atom. The number of aliphatic hydroxyl groups excluding tert-OH is 1. The molecule has 1 aromatic carbocycles. The lowest BCUT2D eigenvalue weighted by molar-refractivity contribution is 0.298. The number of nitrogens with one attached hydrogen (secondary N) is 1. The van der Waals surface area contributed by atoms with E-state index in [2.05, 4.69) is 25.5 Å². The first kappa shape index (κ1) is 17.9. The van der Waals surface area contributed by atoms with Crippen molar-refractivity contribution in [3.63, 3.8) is 0 Å². The number of benzene rings is 1. The summed E-state index contributed by atoms with van der Waals surface area (Å²) in [4.78, 5) is 0.200. The van der Waals surface area contributed by atoms with Crippen molar-refractivity contribution in [1.29, 1.82) is 0 Å². The van der Waals surface area contributed by atoms with Gasteiger partial charge in [0.1, 0.15) is 5.75 Å². The van der Waals surface area contributed by atoms with Crippen molar-refractivity contribution >= 4 is 10.0 Å². The molecular weight excluding hydrogens is 290 g/mol. The fourth-order valence-corrected chi connectivity index (χ4v) is 3.18. The second-order valence-electron chi connectivity index (χ2n) is 6.16. The molecule has 0 spiro atoms. The number of methoxy groups -OCH3 is 1. The third-order valence-electron chi connectivity index (χ3n) is 3.11. The van der Waals surface area contributed by atoms with Crippen LogP contribution in [0.1, 0.15) is 32.8 Å². The second-order valence-corrected chi connectivity index (χ2v) is 7.89. The smallest absolute Gasteiger partial charge is 0.240 e. The van der Waals surface area contributed by atoms with E-state index in [1.807, 2.05) is 0 Å². The molecule has 0 aliphatic heterocycles. The number of aliphatic hydroxyl groups is 1. The van der Waals surface area contributed by atoms with Gasteiger partial charge < -0.3 is 9.84 Å². The van der Waals surface area contributed by atoms with Gasteiger partial charge in [0.15, 0.2) is 0 Å². The molecule has 2 N–H and O–H groups in total. The van der Waals surface area contributed by atoms with Gasteiger partial charge in [0.05, 0.1) is 12.0 Å². The summed E-state index contributed by atoms with van der Waals surface area (Å²) in [5.74, 6) is 0.576. The van der Waals surface area contributed by atoms with Crippen molar-refractivity contribution in [2.45, 2.75) is 38.5 Å². The van der Waals surface area contributed by atoms with E-state index in [0.717, 1.165) is 6.42 Å². The Hall–Kier alpha value is -1.11. The highest BCUT2D eigenvalue weighted by Crippen LogP contribution is 2.23. The van der Waals surface area contributed by atoms with Gasteiger partial charge in [-0.1, -0.05) is 20.8 Å². The van der Waals surface area contributed by atoms with E-state index in [0.29, 0.717) is 17.9 Å². The highest BCUT2D eigenvalue weighted by atomic mass is 32.2. The van der Waals surface area contributed by atoms with E-state index in [9.17, 15) is 8.42 Å². The first-order valence-electron chi connectivity index (χ1n) is 6.97. The molecule has 0 aliphatic rings. The number of sulfonamides is 1. The van der Waals surface area contributed by atoms with Gasteiger partial charge in [-0.25, -0.2) is 13.1 Å². The number of hydrogen-bond donors (Lipinski definition) is 2. The van der Waals surface area contributed by atoms with Crippen LogP contribution in [-0.2, 0) is 16.4 Å². The van der Waals surface area contributed by atoms with Crippen LogP contribution in [0.4, 0.5) is 0 Å². The minimum Gasteiger partial charge on any atom is -0.497 e. The fraction of sp³-hybridized carbons (Fsp3) is 0.600. The Labute approximate surface area is 127 Å². The molecular formula is C15H25NO4S. The molecule has 0 aliphatic carbocycles. The predicted octanol–water partition coefficient (Wildman–Crippen LogP) is 1.94. The Bertz CT molecular complexity index is 562. The molecule has 0 unspecified atom stereocenters. The molecule has 6 heteroatoms. The lowest BCUT2D eigenvalue weighted by Gasteiger charge is -2.18. The third kappa shape index (κ3) is 5.65. The number of hydrogen-bond acceptors (Lipinski definition) is 4. The standard InChI is InChI=1S/C15H25NO4S/c1-15(2,3)8-9-16-21(18,19)14-6-5-13(20-4)11-12(14)7-10-17/h5-6,11,16-17H,7-10H2,1-4H3. The number of rotatable bonds is 7. The van der Waals surface area contributed by atoms with Gasteiger partial charge in [-0.15, -0.1) is 0 Å². The van der Waals surface area contributed by atoms with Crippen molar-refractivity contribution in [2.24, 2.45) is 5.41 Å². The van der Waals surface area contributed by atoms with E-state index in [4.69, 9.17) is 9.84 Å². The van der Waals surface area contributed by atoms with Crippen LogP contribution >= 0.6 is 0 Å². The summed E-state index contributed by atoms with van der Waals surface area (Å²) in [6.45, 7) is 6.46. The van der Waals surface area contributed by atoms with Gasteiger partial charge in [-0.05, 0) is 42.0 Å². The van der Waals surface area contributed by atoms with E-state index in [1.165, 1.54) is 13.2 Å². The van der Waals surface area contributed by atoms with Gasteiger partial charge in [0.2, 0.25) is 10.0 Å². The maximum Gasteiger partial charge on any atom is 0.240 e. The molecule has 0 aromatic heterocycles. The molecule has 1 aromatic rings. The molecule has 0 radical (unpaired) electrons. The van der Waals surface area contributed by atoms with E-state index in [1.54, 1.807) is 12.1 Å². The maximum atomic E-state index is 12.4. The van der Waals surface area contributed by atoms with Crippen LogP contribution in [-0.4, -0.2) is 33.8 Å². The third-order valence-corrected chi connectivity index (χ3v) is 4.67. The van der Waals surface area contributed by atoms with E-state index >= 15 is 0 Å². The first-order chi connectivity index (χ1) is 9.69. The number of ether oxygens (including phenoxy) is 1. The highest BCUT2D eigenvalue weighted by Gasteiger charge is 2.20. The van der Waals surface area contributed by atoms with Gasteiger partial charge in [0.25, 0.3) is 0 Å². The van der Waals surface area contributed by atoms with E-state index < -0.39 is 10.0 Å². The zero-order valence-electron chi connectivity index (χ0n) is 13.1. The van der Waals surface area contributed by atoms with Crippen LogP contribution in [0.5, 0.6) is 5.75 Å². The van der Waals surface area contributed by atoms with Gasteiger partial charge >= 0.3 is 0 Å². The van der Waals surface area contributed by atoms with Crippen molar-refractivity contribution in [3.05, 3.63) is 23.8 Å². The summed E-state index contributed by atoms with van der Waals surface area (Å²) < 4.78 is 32.5. The van der Waals surface area contributed by atoms with Crippen LogP contribution < -0.4 is 9.46 Å². The van der Waals surface area contributed by atoms with Gasteiger partial charge in [-0.3, -0.25) is 0 Å². The Kier molecular flexibility index (Phi) is 6.19. The minimum atomic E-state index is -3.58. The van der Waals surface area contributed by atoms with Crippen molar-refractivity contribution in [1.82, 2.24) is 4.72 Å². The molecule has 5 nitrogen and oxygen atoms in total. The molecule has 21 heavy (non-hydrogen) atoms. The quantitative estimate of drug-likeness (QED) is 0.806. The highest BCUT2D eigenvalue weighted by molar-refractivity contribution is 7.89. The summed E-state index contributed by atoms with van der Waals surface area (Å²) in [5, 5.41) is 9.10. The van der Waals surface area contributed by atoms with Gasteiger partial charge in [0, 0.05) is 13.2 Å². The molecule has 0 fully saturated rings. The molecule has 0 amide bonds. The summed E-state index contributed by atoms with van der Waals surface area (Å²) in [7, 11) is -2.06. The largest absolute Gasteiger partial charge is 0.497 e. The zero-order valence-corrected chi connectivity index (χ0v) is 14.0. The first-order valence-corrected chi connectivity index (χ1v) is 8.45. The van der Waals surface area contributed by atoms with Crippen molar-refractivity contribution < 1.29 is 18.3 Å². The minimum absolute atomic E-state index is 0.0658. The lowest BCUT2D eigenvalue weighted by atomic mass is 9.93. The van der Waals surface area contributed by atoms with Gasteiger partial charge in [-0.2, -0.15) is 0 Å². The van der Waals surface area contributed by atoms with Crippen molar-refractivity contribution in [3.8, 4) is 5.75 Å². The summed E-state index contributed by atoms with van der Waals surface area (Å²) >= 11 is 0. The molecule has 0 heterocycles. The monoisotopic (exact) mass is 315 g/mol. The summed E-state index contributed by atoms with van der Waals surface area (Å²) in [6.07, 6.45) is 1.02. The zero-order chi connectivity index (χ0) is 16.1. The maximum absolute atomic E-state index is 12.4. The molecule has 120 valence electrons. The lowest BCUT2D eigenvalue weighted by Crippen LogP contribution is -2.28. The predicted molar refractivity (Wildman–Crippen MR) is 83.0 cm³/mol. The average molecular weight is 315 g/mol. The van der Waals surface area contributed by atoms with Crippen LogP contribution in [0.15, 0.2) is 23.1 Å². The molecule has 0 bridgehead atoms. The Balaban J connectivity index is 2.96. The topological polar surface area (TPSA) is 75.6 Å². The molecule has 0 atom stereocenters. The molecule has 1 rings (SSSR count). The van der Waals surface area contributed by atoms with Crippen LogP contribution in [0.3, 0.4) is 0 Å². The van der Waals surface area contributed by atoms with Crippen LogP contribution in [0.25, 0.3) is 0 Å². The fourth-order valence-electron chi connectivity index (χ4n) is 1.90. The second kappa shape index (κ2) is 7.24. The van der Waals surface area contributed by atoms with Crippen LogP contribution in [0, 0.1) is 5.41 Å². The average Bonchev–Trinajstić information content (AvgIpc) is 2.37. The van der Waals surface area contributed by atoms with E-state index in [-0.39, 0.29) is 23.3 Å². The normalized spacial score (nSPS) is 12.4. The van der Waals surface area contributed by atoms with Crippen molar-refractivity contribution in [2.75, 3.05) is 20.3 Å². The summed E-state index contributed by atoms with van der Waals surface area (Å²) in [5.41, 5.74) is 0.621. The summed E-state index contributed by atoms with van der Waals surface area (Å²) in [6, 6.07) is 4.77. The molecule has 0 saturated carbocycles. The SMILES string of the molecule is COc1ccc(S(=O)(=O)NCCC(C)(C)C)c(CCO)c1. The Morgan fingerprint density at radius 3 is 2.48 bits per heavy atom. The molecule has 0 saturated heterocycles.